The maximum absolute atomic E-state index is 5.69. The van der Waals surface area contributed by atoms with Gasteiger partial charge >= 0.3 is 0 Å². The van der Waals surface area contributed by atoms with E-state index in [0.29, 0.717) is 11.8 Å². The molecule has 1 heterocycles. The van der Waals surface area contributed by atoms with Crippen LogP contribution in [0.4, 0.5) is 0 Å². The average molecular weight is 262 g/mol. The zero-order chi connectivity index (χ0) is 11.8. The van der Waals surface area contributed by atoms with Gasteiger partial charge in [0, 0.05) is 18.4 Å². The highest BCUT2D eigenvalue weighted by Gasteiger charge is 2.03. The highest BCUT2D eigenvalue weighted by molar-refractivity contribution is 7.09. The summed E-state index contributed by atoms with van der Waals surface area (Å²) in [6.45, 7) is 6.07. The quantitative estimate of drug-likeness (QED) is 0.523. The van der Waals surface area contributed by atoms with Gasteiger partial charge in [-0.1, -0.05) is 20.3 Å². The van der Waals surface area contributed by atoms with Crippen LogP contribution in [-0.2, 0) is 17.0 Å². The molecule has 0 aliphatic heterocycles. The minimum Gasteiger partial charge on any atom is -0.381 e. The van der Waals surface area contributed by atoms with Gasteiger partial charge in [-0.15, -0.1) is 22.9 Å². The normalized spacial score (nSPS) is 12.9. The molecule has 0 spiro atoms. The van der Waals surface area contributed by atoms with Gasteiger partial charge in [0.2, 0.25) is 0 Å². The smallest absolute Gasteiger partial charge is 0.0951 e. The second kappa shape index (κ2) is 8.04. The van der Waals surface area contributed by atoms with Crippen LogP contribution in [0.15, 0.2) is 5.38 Å². The summed E-state index contributed by atoms with van der Waals surface area (Å²) in [7, 11) is 0. The molecule has 1 aromatic heterocycles. The van der Waals surface area contributed by atoms with Crippen LogP contribution in [0.25, 0.3) is 0 Å². The van der Waals surface area contributed by atoms with Crippen molar-refractivity contribution in [3.05, 3.63) is 16.1 Å². The largest absolute Gasteiger partial charge is 0.381 e. The Bertz CT molecular complexity index is 290. The first kappa shape index (κ1) is 13.9. The lowest BCUT2D eigenvalue weighted by atomic mass is 10.1. The van der Waals surface area contributed by atoms with Gasteiger partial charge in [-0.2, -0.15) is 0 Å². The summed E-state index contributed by atoms with van der Waals surface area (Å²) in [5.41, 5.74) is 0.973. The second-order valence-corrected chi connectivity index (χ2v) is 5.29. The van der Waals surface area contributed by atoms with Gasteiger partial charge < -0.3 is 4.74 Å². The molecule has 0 saturated heterocycles. The molecule has 0 bridgehead atoms. The minimum absolute atomic E-state index is 0.505. The highest BCUT2D eigenvalue weighted by atomic mass is 35.5. The number of aromatic nitrogens is 1. The van der Waals surface area contributed by atoms with Crippen molar-refractivity contribution in [2.75, 3.05) is 13.2 Å². The molecule has 92 valence electrons. The second-order valence-electron chi connectivity index (χ2n) is 4.08. The van der Waals surface area contributed by atoms with Crippen LogP contribution in [0.1, 0.15) is 37.4 Å². The lowest BCUT2D eigenvalue weighted by molar-refractivity contribution is 0.104. The summed E-state index contributed by atoms with van der Waals surface area (Å²) in [4.78, 5) is 4.39. The van der Waals surface area contributed by atoms with Crippen molar-refractivity contribution in [1.82, 2.24) is 4.98 Å². The van der Waals surface area contributed by atoms with Crippen LogP contribution in [0.5, 0.6) is 0 Å². The molecular weight excluding hydrogens is 242 g/mol. The SMILES string of the molecule is CCCC(C)COCCc1nc(CCl)cs1. The molecule has 0 aromatic carbocycles. The fraction of sp³-hybridized carbons (Fsp3) is 0.750. The first-order chi connectivity index (χ1) is 7.76. The third-order valence-corrected chi connectivity index (χ3v) is 3.61. The van der Waals surface area contributed by atoms with E-state index in [4.69, 9.17) is 16.3 Å². The van der Waals surface area contributed by atoms with Crippen LogP contribution < -0.4 is 0 Å². The lowest BCUT2D eigenvalue weighted by Gasteiger charge is -2.09. The van der Waals surface area contributed by atoms with Crippen molar-refractivity contribution in [2.24, 2.45) is 5.92 Å². The van der Waals surface area contributed by atoms with E-state index in [9.17, 15) is 0 Å². The van der Waals surface area contributed by atoms with E-state index in [2.05, 4.69) is 18.8 Å². The molecular formula is C12H20ClNOS. The maximum atomic E-state index is 5.69. The molecule has 0 saturated carbocycles. The first-order valence-corrected chi connectivity index (χ1v) is 7.24. The van der Waals surface area contributed by atoms with E-state index < -0.39 is 0 Å². The summed E-state index contributed by atoms with van der Waals surface area (Å²) in [6, 6.07) is 0. The number of thiazole rings is 1. The van der Waals surface area contributed by atoms with Gasteiger partial charge in [-0.05, 0) is 12.3 Å². The number of hydrogen-bond donors (Lipinski definition) is 0. The molecule has 2 nitrogen and oxygen atoms in total. The predicted octanol–water partition coefficient (Wildman–Crippen LogP) is 3.88. The first-order valence-electron chi connectivity index (χ1n) is 5.83. The maximum Gasteiger partial charge on any atom is 0.0951 e. The number of hydrogen-bond acceptors (Lipinski definition) is 3. The summed E-state index contributed by atoms with van der Waals surface area (Å²) in [6.07, 6.45) is 3.38. The monoisotopic (exact) mass is 261 g/mol. The molecule has 1 unspecified atom stereocenters. The van der Waals surface area contributed by atoms with Gasteiger partial charge in [-0.3, -0.25) is 0 Å². The molecule has 0 aliphatic carbocycles. The number of ether oxygens (including phenoxy) is 1. The predicted molar refractivity (Wildman–Crippen MR) is 70.3 cm³/mol. The Labute approximate surface area is 107 Å². The molecule has 0 N–H and O–H groups in total. The average Bonchev–Trinajstić information content (AvgIpc) is 2.73. The van der Waals surface area contributed by atoms with Crippen LogP contribution in [0, 0.1) is 5.92 Å². The van der Waals surface area contributed by atoms with Gasteiger partial charge in [0.15, 0.2) is 0 Å². The zero-order valence-electron chi connectivity index (χ0n) is 10.0. The van der Waals surface area contributed by atoms with E-state index in [1.807, 2.05) is 5.38 Å². The van der Waals surface area contributed by atoms with Gasteiger partial charge in [0.1, 0.15) is 0 Å². The fourth-order valence-electron chi connectivity index (χ4n) is 1.55. The molecule has 0 aliphatic rings. The van der Waals surface area contributed by atoms with Gasteiger partial charge in [0.05, 0.1) is 23.2 Å². The standard InChI is InChI=1S/C12H20ClNOS/c1-3-4-10(2)8-15-6-5-12-14-11(7-13)9-16-12/h9-10H,3-8H2,1-2H3. The third kappa shape index (κ3) is 5.28. The Morgan fingerprint density at radius 3 is 3.00 bits per heavy atom. The van der Waals surface area contributed by atoms with E-state index in [1.54, 1.807) is 11.3 Å². The van der Waals surface area contributed by atoms with Crippen LogP contribution >= 0.6 is 22.9 Å². The Morgan fingerprint density at radius 1 is 1.56 bits per heavy atom. The Morgan fingerprint density at radius 2 is 2.38 bits per heavy atom. The highest BCUT2D eigenvalue weighted by Crippen LogP contribution is 2.12. The summed E-state index contributed by atoms with van der Waals surface area (Å²) < 4.78 is 5.63. The number of rotatable bonds is 8. The van der Waals surface area contributed by atoms with E-state index in [0.717, 1.165) is 30.3 Å². The summed E-state index contributed by atoms with van der Waals surface area (Å²) in [5.74, 6) is 1.17. The summed E-state index contributed by atoms with van der Waals surface area (Å²) in [5, 5.41) is 3.14. The van der Waals surface area contributed by atoms with Crippen LogP contribution in [-0.4, -0.2) is 18.2 Å². The Kier molecular flexibility index (Phi) is 7.01. The zero-order valence-corrected chi connectivity index (χ0v) is 11.6. The van der Waals surface area contributed by atoms with Gasteiger partial charge in [-0.25, -0.2) is 4.98 Å². The topological polar surface area (TPSA) is 22.1 Å². The molecule has 0 radical (unpaired) electrons. The van der Waals surface area contributed by atoms with Crippen molar-refractivity contribution < 1.29 is 4.74 Å². The van der Waals surface area contributed by atoms with E-state index in [1.165, 1.54) is 12.8 Å². The molecule has 4 heteroatoms. The van der Waals surface area contributed by atoms with E-state index >= 15 is 0 Å². The Balaban J connectivity index is 2.11. The molecule has 16 heavy (non-hydrogen) atoms. The molecule has 0 amide bonds. The van der Waals surface area contributed by atoms with Gasteiger partial charge in [0.25, 0.3) is 0 Å². The molecule has 0 fully saturated rings. The third-order valence-electron chi connectivity index (χ3n) is 2.38. The van der Waals surface area contributed by atoms with Crippen molar-refractivity contribution in [3.63, 3.8) is 0 Å². The molecule has 1 rings (SSSR count). The Hall–Kier alpha value is -0.120. The molecule has 1 atom stereocenters. The number of halogens is 1. The van der Waals surface area contributed by atoms with Crippen molar-refractivity contribution in [3.8, 4) is 0 Å². The number of alkyl halides is 1. The number of nitrogens with zero attached hydrogens (tertiary/aromatic N) is 1. The van der Waals surface area contributed by atoms with E-state index in [-0.39, 0.29) is 0 Å². The lowest BCUT2D eigenvalue weighted by Crippen LogP contribution is -2.07. The van der Waals surface area contributed by atoms with Crippen molar-refractivity contribution >= 4 is 22.9 Å². The fourth-order valence-corrected chi connectivity index (χ4v) is 2.55. The van der Waals surface area contributed by atoms with Crippen molar-refractivity contribution in [2.45, 2.75) is 39.0 Å². The van der Waals surface area contributed by atoms with Crippen LogP contribution in [0.2, 0.25) is 0 Å². The van der Waals surface area contributed by atoms with Crippen molar-refractivity contribution in [1.29, 1.82) is 0 Å². The summed E-state index contributed by atoms with van der Waals surface area (Å²) >= 11 is 7.36. The molecule has 1 aromatic rings. The van der Waals surface area contributed by atoms with Crippen LogP contribution in [0.3, 0.4) is 0 Å². The minimum atomic E-state index is 0.505.